The molecule has 130 valence electrons. The first-order chi connectivity index (χ1) is 10.6. The van der Waals surface area contributed by atoms with Gasteiger partial charge in [0.15, 0.2) is 14.9 Å². The van der Waals surface area contributed by atoms with E-state index in [1.807, 2.05) is 12.1 Å². The van der Waals surface area contributed by atoms with Crippen molar-refractivity contribution in [1.29, 1.82) is 0 Å². The number of carbonyl (C=O) groups is 1. The average molecular weight is 339 g/mol. The molecular weight excluding hydrogens is 308 g/mol. The van der Waals surface area contributed by atoms with E-state index in [0.29, 0.717) is 12.4 Å². The third-order valence-corrected chi connectivity index (χ3v) is 8.90. The van der Waals surface area contributed by atoms with Gasteiger partial charge in [-0.3, -0.25) is 0 Å². The highest BCUT2D eigenvalue weighted by Crippen LogP contribution is 2.37. The molecule has 0 aromatic heterocycles. The molecule has 0 saturated carbocycles. The van der Waals surface area contributed by atoms with Crippen LogP contribution in [0.4, 0.5) is 0 Å². The second kappa shape index (κ2) is 7.97. The molecule has 0 N–H and O–H groups in total. The third kappa shape index (κ3) is 5.99. The Bertz CT molecular complexity index is 532. The van der Waals surface area contributed by atoms with E-state index in [-0.39, 0.29) is 17.6 Å². The third-order valence-electron chi connectivity index (χ3n) is 4.42. The Morgan fingerprint density at radius 3 is 2.26 bits per heavy atom. The van der Waals surface area contributed by atoms with Gasteiger partial charge in [0.1, 0.15) is 5.75 Å². The van der Waals surface area contributed by atoms with Crippen LogP contribution >= 0.6 is 0 Å². The van der Waals surface area contributed by atoms with Crippen LogP contribution in [-0.2, 0) is 27.0 Å². The maximum absolute atomic E-state index is 11.2. The first kappa shape index (κ1) is 19.7. The largest absolute Gasteiger partial charge is 0.482 e. The molecule has 0 fully saturated rings. The maximum Gasteiger partial charge on any atom is 0.343 e. The van der Waals surface area contributed by atoms with Crippen LogP contribution in [0.3, 0.4) is 0 Å². The van der Waals surface area contributed by atoms with E-state index < -0.39 is 8.32 Å². The van der Waals surface area contributed by atoms with E-state index in [9.17, 15) is 4.79 Å². The first-order valence-electron chi connectivity index (χ1n) is 8.05. The van der Waals surface area contributed by atoms with Crippen molar-refractivity contribution in [1.82, 2.24) is 0 Å². The normalized spacial score (nSPS) is 12.1. The Labute approximate surface area is 141 Å². The van der Waals surface area contributed by atoms with Crippen molar-refractivity contribution >= 4 is 14.3 Å². The molecule has 0 aliphatic rings. The maximum atomic E-state index is 11.2. The molecule has 0 radical (unpaired) electrons. The van der Waals surface area contributed by atoms with Crippen LogP contribution in [0.15, 0.2) is 18.2 Å². The summed E-state index contributed by atoms with van der Waals surface area (Å²) in [7, 11) is -0.436. The highest BCUT2D eigenvalue weighted by molar-refractivity contribution is 6.74. The van der Waals surface area contributed by atoms with Gasteiger partial charge in [-0.1, -0.05) is 33.8 Å². The summed E-state index contributed by atoms with van der Waals surface area (Å²) in [6.07, 6.45) is 0.905. The van der Waals surface area contributed by atoms with Crippen molar-refractivity contribution in [2.75, 3.05) is 13.7 Å². The van der Waals surface area contributed by atoms with Crippen LogP contribution in [0.2, 0.25) is 18.1 Å². The fourth-order valence-corrected chi connectivity index (χ4v) is 2.74. The van der Waals surface area contributed by atoms with Gasteiger partial charge in [0.25, 0.3) is 0 Å². The van der Waals surface area contributed by atoms with E-state index in [2.05, 4.69) is 51.6 Å². The molecule has 0 amide bonds. The van der Waals surface area contributed by atoms with Crippen LogP contribution in [0, 0.1) is 0 Å². The van der Waals surface area contributed by atoms with E-state index in [4.69, 9.17) is 9.16 Å². The molecule has 0 saturated heterocycles. The molecule has 23 heavy (non-hydrogen) atoms. The second-order valence-corrected chi connectivity index (χ2v) is 12.1. The number of hydrogen-bond acceptors (Lipinski definition) is 4. The molecule has 1 aromatic carbocycles. The Hall–Kier alpha value is -1.33. The lowest BCUT2D eigenvalue weighted by Gasteiger charge is -2.36. The Balaban J connectivity index is 2.84. The van der Waals surface area contributed by atoms with Crippen LogP contribution in [0.25, 0.3) is 0 Å². The first-order valence-corrected chi connectivity index (χ1v) is 11.0. The predicted molar refractivity (Wildman–Crippen MR) is 95.3 cm³/mol. The van der Waals surface area contributed by atoms with E-state index in [1.54, 1.807) is 0 Å². The standard InChI is InChI=1S/C18H30O4Si/c1-8-14-9-15(12-22-23(6,7)18(2,3)4)11-16(10-14)21-13-17(19)20-5/h9-11H,8,12-13H2,1-7H3. The van der Waals surface area contributed by atoms with Crippen LogP contribution in [0.5, 0.6) is 5.75 Å². The predicted octanol–water partition coefficient (Wildman–Crippen LogP) is 4.32. The molecule has 0 atom stereocenters. The summed E-state index contributed by atoms with van der Waals surface area (Å²) in [6, 6.07) is 6.03. The minimum atomic E-state index is -1.79. The number of methoxy groups -OCH3 is 1. The van der Waals surface area contributed by atoms with Gasteiger partial charge in [0.2, 0.25) is 0 Å². The monoisotopic (exact) mass is 338 g/mol. The Morgan fingerprint density at radius 2 is 1.74 bits per heavy atom. The summed E-state index contributed by atoms with van der Waals surface area (Å²) in [5.74, 6) is 0.301. The minimum absolute atomic E-state index is 0.0772. The summed E-state index contributed by atoms with van der Waals surface area (Å²) in [6.45, 7) is 13.8. The van der Waals surface area contributed by atoms with Crippen LogP contribution in [0.1, 0.15) is 38.8 Å². The number of rotatable bonds is 7. The summed E-state index contributed by atoms with van der Waals surface area (Å²) < 4.78 is 16.4. The fraction of sp³-hybridized carbons (Fsp3) is 0.611. The zero-order valence-corrected chi connectivity index (χ0v) is 16.5. The lowest BCUT2D eigenvalue weighted by atomic mass is 10.1. The SMILES string of the molecule is CCc1cc(CO[Si](C)(C)C(C)(C)C)cc(OCC(=O)OC)c1. The lowest BCUT2D eigenvalue weighted by Crippen LogP contribution is -2.40. The molecule has 0 spiro atoms. The lowest BCUT2D eigenvalue weighted by molar-refractivity contribution is -0.142. The summed E-state index contributed by atoms with van der Waals surface area (Å²) >= 11 is 0. The molecule has 1 rings (SSSR count). The Morgan fingerprint density at radius 1 is 1.13 bits per heavy atom. The molecule has 1 aromatic rings. The topological polar surface area (TPSA) is 44.8 Å². The van der Waals surface area contributed by atoms with Crippen molar-refractivity contribution in [2.45, 2.75) is 58.9 Å². The van der Waals surface area contributed by atoms with Gasteiger partial charge in [-0.25, -0.2) is 4.79 Å². The van der Waals surface area contributed by atoms with Gasteiger partial charge in [-0.2, -0.15) is 0 Å². The molecule has 0 unspecified atom stereocenters. The fourth-order valence-electron chi connectivity index (χ4n) is 1.78. The van der Waals surface area contributed by atoms with Gasteiger partial charge in [0, 0.05) is 0 Å². The van der Waals surface area contributed by atoms with Crippen molar-refractivity contribution < 1.29 is 18.7 Å². The summed E-state index contributed by atoms with van der Waals surface area (Å²) in [4.78, 5) is 11.2. The number of esters is 1. The molecule has 0 aliphatic carbocycles. The molecule has 0 heterocycles. The summed E-state index contributed by atoms with van der Waals surface area (Å²) in [5.41, 5.74) is 2.25. The van der Waals surface area contributed by atoms with Gasteiger partial charge >= 0.3 is 5.97 Å². The van der Waals surface area contributed by atoms with Gasteiger partial charge in [-0.05, 0) is 47.8 Å². The van der Waals surface area contributed by atoms with Crippen molar-refractivity contribution in [2.24, 2.45) is 0 Å². The molecular formula is C18H30O4Si. The number of aryl methyl sites for hydroxylation is 1. The van der Waals surface area contributed by atoms with Crippen LogP contribution < -0.4 is 4.74 Å². The Kier molecular flexibility index (Phi) is 6.83. The highest BCUT2D eigenvalue weighted by atomic mass is 28.4. The number of hydrogen-bond donors (Lipinski definition) is 0. The zero-order chi connectivity index (χ0) is 17.7. The van der Waals surface area contributed by atoms with Gasteiger partial charge < -0.3 is 13.9 Å². The molecule has 0 bridgehead atoms. The second-order valence-electron chi connectivity index (χ2n) is 7.25. The minimum Gasteiger partial charge on any atom is -0.482 e. The highest BCUT2D eigenvalue weighted by Gasteiger charge is 2.37. The van der Waals surface area contributed by atoms with E-state index in [0.717, 1.165) is 12.0 Å². The van der Waals surface area contributed by atoms with E-state index >= 15 is 0 Å². The van der Waals surface area contributed by atoms with Crippen molar-refractivity contribution in [3.63, 3.8) is 0 Å². The molecule has 0 aliphatic heterocycles. The number of ether oxygens (including phenoxy) is 2. The van der Waals surface area contributed by atoms with Crippen molar-refractivity contribution in [3.8, 4) is 5.75 Å². The zero-order valence-electron chi connectivity index (χ0n) is 15.5. The van der Waals surface area contributed by atoms with E-state index in [1.165, 1.54) is 12.7 Å². The quantitative estimate of drug-likeness (QED) is 0.548. The average Bonchev–Trinajstić information content (AvgIpc) is 2.49. The van der Waals surface area contributed by atoms with Crippen molar-refractivity contribution in [3.05, 3.63) is 29.3 Å². The smallest absolute Gasteiger partial charge is 0.343 e. The van der Waals surface area contributed by atoms with Crippen LogP contribution in [-0.4, -0.2) is 28.0 Å². The van der Waals surface area contributed by atoms with Gasteiger partial charge in [0.05, 0.1) is 13.7 Å². The number of carbonyl (C=O) groups excluding carboxylic acids is 1. The molecule has 4 nitrogen and oxygen atoms in total. The number of benzene rings is 1. The van der Waals surface area contributed by atoms with Gasteiger partial charge in [-0.15, -0.1) is 0 Å². The summed E-state index contributed by atoms with van der Waals surface area (Å²) in [5, 5.41) is 0.180. The molecule has 5 heteroatoms.